The lowest BCUT2D eigenvalue weighted by atomic mass is 9.81. The highest BCUT2D eigenvalue weighted by Crippen LogP contribution is 2.44. The summed E-state index contributed by atoms with van der Waals surface area (Å²) >= 11 is 0. The molecular weight excluding hydrogens is 765 g/mol. The first-order valence-electron chi connectivity index (χ1n) is 22.1. The lowest BCUT2D eigenvalue weighted by Crippen LogP contribution is -2.45. The second kappa shape index (κ2) is 17.6. The van der Waals surface area contributed by atoms with E-state index in [2.05, 4.69) is 279 Å². The van der Waals surface area contributed by atoms with Gasteiger partial charge in [-0.05, 0) is 178 Å². The molecule has 0 amide bonds. The monoisotopic (exact) mass is 820 g/mol. The van der Waals surface area contributed by atoms with Gasteiger partial charge in [-0.1, -0.05) is 111 Å². The predicted octanol–water partition coefficient (Wildman–Crippen LogP) is 16.7. The number of benzene rings is 7. The van der Waals surface area contributed by atoms with Crippen LogP contribution >= 0.6 is 0 Å². The Hall–Kier alpha value is -7.30. The van der Waals surface area contributed by atoms with Crippen molar-refractivity contribution >= 4 is 56.9 Å². The third-order valence-corrected chi connectivity index (χ3v) is 12.2. The highest BCUT2D eigenvalue weighted by molar-refractivity contribution is 5.84. The molecule has 9 rings (SSSR count). The summed E-state index contributed by atoms with van der Waals surface area (Å²) in [5.74, 6) is 0. The van der Waals surface area contributed by atoms with E-state index in [0.29, 0.717) is 0 Å². The Kier molecular flexibility index (Phi) is 11.5. The molecule has 0 spiro atoms. The molecule has 7 aromatic carbocycles. The van der Waals surface area contributed by atoms with Gasteiger partial charge in [0.05, 0.1) is 5.54 Å². The summed E-state index contributed by atoms with van der Waals surface area (Å²) in [6, 6.07) is 65.8. The molecule has 1 unspecified atom stereocenters. The number of allylic oxidation sites excluding steroid dienone is 6. The zero-order chi connectivity index (χ0) is 43.4. The van der Waals surface area contributed by atoms with Gasteiger partial charge in [-0.2, -0.15) is 0 Å². The van der Waals surface area contributed by atoms with Crippen molar-refractivity contribution in [3.8, 4) is 0 Å². The van der Waals surface area contributed by atoms with Gasteiger partial charge in [0.25, 0.3) is 0 Å². The van der Waals surface area contributed by atoms with Crippen LogP contribution in [0, 0.1) is 19.3 Å². The molecule has 0 aromatic heterocycles. The largest absolute Gasteiger partial charge is 0.335 e. The van der Waals surface area contributed by atoms with Crippen molar-refractivity contribution in [3.63, 3.8) is 0 Å². The van der Waals surface area contributed by atoms with Crippen LogP contribution in [0.5, 0.6) is 0 Å². The third kappa shape index (κ3) is 8.89. The van der Waals surface area contributed by atoms with Crippen LogP contribution in [0.15, 0.2) is 230 Å². The van der Waals surface area contributed by atoms with Crippen LogP contribution in [0.2, 0.25) is 0 Å². The lowest BCUT2D eigenvalue weighted by molar-refractivity contribution is 0.441. The van der Waals surface area contributed by atoms with Crippen LogP contribution in [0.25, 0.3) is 0 Å². The number of nitrogens with zero attached hydrogens (tertiary/aromatic N) is 4. The smallest absolute Gasteiger partial charge is 0.0639 e. The van der Waals surface area contributed by atoms with E-state index < -0.39 is 0 Å². The third-order valence-electron chi connectivity index (χ3n) is 12.2. The zero-order valence-electron chi connectivity index (χ0n) is 37.1. The first-order chi connectivity index (χ1) is 30.6. The number of para-hydroxylation sites is 2. The van der Waals surface area contributed by atoms with Crippen LogP contribution < -0.4 is 19.6 Å². The fourth-order valence-electron chi connectivity index (χ4n) is 9.11. The van der Waals surface area contributed by atoms with Crippen LogP contribution in [0.4, 0.5) is 56.9 Å². The molecule has 0 heterocycles. The SMILES string of the molecule is Cc1cccc(N(c2ccccc2)c2ccc(N(c3ccc(N(c4ccccc4)c4cccc(C)c4)cc3)c3ccc(N(C4=CC=CC(C)(C)C4)C4(C)C=CC=CC4)cc3)cc2)c1. The Morgan fingerprint density at radius 2 is 0.778 bits per heavy atom. The molecule has 0 saturated carbocycles. The molecule has 0 aliphatic heterocycles. The number of anilines is 10. The molecule has 0 radical (unpaired) electrons. The van der Waals surface area contributed by atoms with Crippen molar-refractivity contribution < 1.29 is 0 Å². The maximum absolute atomic E-state index is 2.56. The van der Waals surface area contributed by atoms with Gasteiger partial charge in [0.15, 0.2) is 0 Å². The molecule has 1 atom stereocenters. The molecule has 0 fully saturated rings. The average Bonchev–Trinajstić information content (AvgIpc) is 3.29. The van der Waals surface area contributed by atoms with Gasteiger partial charge in [0, 0.05) is 62.6 Å². The Labute approximate surface area is 374 Å². The number of rotatable bonds is 12. The number of hydrogen-bond donors (Lipinski definition) is 0. The molecule has 4 heteroatoms. The summed E-state index contributed by atoms with van der Waals surface area (Å²) < 4.78 is 0. The highest BCUT2D eigenvalue weighted by atomic mass is 15.2. The minimum atomic E-state index is -0.196. The molecule has 312 valence electrons. The summed E-state index contributed by atoms with van der Waals surface area (Å²) in [4.78, 5) is 9.59. The molecule has 0 N–H and O–H groups in total. The van der Waals surface area contributed by atoms with Gasteiger partial charge in [-0.15, -0.1) is 0 Å². The van der Waals surface area contributed by atoms with Crippen molar-refractivity contribution in [1.82, 2.24) is 0 Å². The maximum Gasteiger partial charge on any atom is 0.0639 e. The second-order valence-electron chi connectivity index (χ2n) is 17.8. The molecular formula is C59H56N4. The highest BCUT2D eigenvalue weighted by Gasteiger charge is 2.35. The number of hydrogen-bond acceptors (Lipinski definition) is 4. The van der Waals surface area contributed by atoms with Crippen molar-refractivity contribution in [1.29, 1.82) is 0 Å². The Morgan fingerprint density at radius 3 is 1.17 bits per heavy atom. The average molecular weight is 821 g/mol. The van der Waals surface area contributed by atoms with Crippen LogP contribution in [-0.2, 0) is 0 Å². The molecule has 0 bridgehead atoms. The van der Waals surface area contributed by atoms with E-state index in [-0.39, 0.29) is 11.0 Å². The minimum absolute atomic E-state index is 0.0762. The van der Waals surface area contributed by atoms with Crippen LogP contribution in [0.1, 0.15) is 44.7 Å². The van der Waals surface area contributed by atoms with Gasteiger partial charge in [-0.3, -0.25) is 0 Å². The van der Waals surface area contributed by atoms with E-state index in [0.717, 1.165) is 64.0 Å². The molecule has 63 heavy (non-hydrogen) atoms. The van der Waals surface area contributed by atoms with Crippen LogP contribution in [-0.4, -0.2) is 5.54 Å². The maximum atomic E-state index is 2.56. The molecule has 2 aliphatic rings. The van der Waals surface area contributed by atoms with E-state index in [1.165, 1.54) is 22.5 Å². The standard InChI is InChI=1S/C59H56N4/c1-45-18-15-24-55(42-45)61(47-20-9-6-10-21-47)52-31-27-49(28-32-52)60(50-29-33-53(34-30-50)62(48-22-11-7-12-23-48)56-25-16-19-46(2)43-56)51-35-37-54(38-36-51)63(59(5)40-13-8-14-41-59)57-26-17-39-58(3,4)44-57/h6-40,42-43H,41,44H2,1-5H3. The number of aryl methyl sites for hydroxylation is 2. The first kappa shape index (κ1) is 41.1. The van der Waals surface area contributed by atoms with Gasteiger partial charge in [0.2, 0.25) is 0 Å². The van der Waals surface area contributed by atoms with Gasteiger partial charge in [0.1, 0.15) is 0 Å². The molecule has 4 nitrogen and oxygen atoms in total. The van der Waals surface area contributed by atoms with E-state index in [4.69, 9.17) is 0 Å². The Balaban J connectivity index is 1.14. The molecule has 0 saturated heterocycles. The Bertz CT molecular complexity index is 2650. The van der Waals surface area contributed by atoms with Crippen LogP contribution in [0.3, 0.4) is 0 Å². The van der Waals surface area contributed by atoms with Crippen molar-refractivity contribution in [3.05, 3.63) is 241 Å². The predicted molar refractivity (Wildman–Crippen MR) is 269 cm³/mol. The summed E-state index contributed by atoms with van der Waals surface area (Å²) in [6.07, 6.45) is 17.8. The van der Waals surface area contributed by atoms with Gasteiger partial charge >= 0.3 is 0 Å². The van der Waals surface area contributed by atoms with E-state index in [1.807, 2.05) is 0 Å². The summed E-state index contributed by atoms with van der Waals surface area (Å²) in [7, 11) is 0. The van der Waals surface area contributed by atoms with Crippen molar-refractivity contribution in [2.45, 2.75) is 53.0 Å². The normalized spacial score (nSPS) is 16.3. The summed E-state index contributed by atoms with van der Waals surface area (Å²) in [6.45, 7) is 11.3. The van der Waals surface area contributed by atoms with E-state index in [1.54, 1.807) is 0 Å². The first-order valence-corrected chi connectivity index (χ1v) is 22.1. The Morgan fingerprint density at radius 1 is 0.381 bits per heavy atom. The second-order valence-corrected chi connectivity index (χ2v) is 17.8. The van der Waals surface area contributed by atoms with Gasteiger partial charge < -0.3 is 19.6 Å². The summed E-state index contributed by atoms with van der Waals surface area (Å²) in [5, 5.41) is 0. The zero-order valence-corrected chi connectivity index (χ0v) is 37.1. The fraction of sp³-hybridized carbons (Fsp3) is 0.153. The topological polar surface area (TPSA) is 13.0 Å². The lowest BCUT2D eigenvalue weighted by Gasteiger charge is -2.45. The quantitative estimate of drug-likeness (QED) is 0.122. The van der Waals surface area contributed by atoms with E-state index in [9.17, 15) is 0 Å². The minimum Gasteiger partial charge on any atom is -0.335 e. The molecule has 2 aliphatic carbocycles. The fourth-order valence-corrected chi connectivity index (χ4v) is 9.11. The van der Waals surface area contributed by atoms with Crippen molar-refractivity contribution in [2.75, 3.05) is 19.6 Å². The summed E-state index contributed by atoms with van der Waals surface area (Å²) in [5.41, 5.74) is 14.7. The van der Waals surface area contributed by atoms with E-state index >= 15 is 0 Å². The van der Waals surface area contributed by atoms with Crippen molar-refractivity contribution in [2.24, 2.45) is 5.41 Å². The molecule has 7 aromatic rings. The van der Waals surface area contributed by atoms with Gasteiger partial charge in [-0.25, -0.2) is 0 Å².